The number of alkyl halides is 1. The fourth-order valence-electron chi connectivity index (χ4n) is 1.98. The predicted molar refractivity (Wildman–Crippen MR) is 56.1 cm³/mol. The summed E-state index contributed by atoms with van der Waals surface area (Å²) < 4.78 is 14.4. The first kappa shape index (κ1) is 11.3. The predicted octanol–water partition coefficient (Wildman–Crippen LogP) is 1.91. The summed E-state index contributed by atoms with van der Waals surface area (Å²) in [5.41, 5.74) is 0.0934. The Bertz CT molecular complexity index is 363. The maximum Gasteiger partial charge on any atom is 0.404 e. The third kappa shape index (κ3) is 2.29. The van der Waals surface area contributed by atoms with Crippen molar-refractivity contribution in [2.75, 3.05) is 0 Å². The molecule has 0 aromatic carbocycles. The van der Waals surface area contributed by atoms with Crippen molar-refractivity contribution in [2.24, 2.45) is 0 Å². The normalized spacial score (nSPS) is 29.9. The fourth-order valence-corrected chi connectivity index (χ4v) is 2.68. The van der Waals surface area contributed by atoms with Crippen molar-refractivity contribution in [3.63, 3.8) is 0 Å². The molecule has 1 aromatic heterocycles. The van der Waals surface area contributed by atoms with Gasteiger partial charge in [0.2, 0.25) is 0 Å². The zero-order chi connectivity index (χ0) is 11.6. The number of nitrogens with one attached hydrogen (secondary N) is 1. The summed E-state index contributed by atoms with van der Waals surface area (Å²) in [5, 5.41) is 18.7. The van der Waals surface area contributed by atoms with Crippen molar-refractivity contribution >= 4 is 17.4 Å². The molecule has 16 heavy (non-hydrogen) atoms. The highest BCUT2D eigenvalue weighted by atomic mass is 32.1. The maximum atomic E-state index is 14.4. The molecule has 0 atom stereocenters. The minimum atomic E-state index is -1.42. The highest BCUT2D eigenvalue weighted by Gasteiger charge is 2.39. The molecule has 2 rings (SSSR count). The van der Waals surface area contributed by atoms with Gasteiger partial charge in [0.1, 0.15) is 5.51 Å². The molecule has 0 aliphatic heterocycles. The number of rotatable bonds is 2. The van der Waals surface area contributed by atoms with Crippen LogP contribution in [0.4, 0.5) is 9.18 Å². The SMILES string of the molecule is O=C(O)NC1CCC(F)(c2nncs2)CC1. The van der Waals surface area contributed by atoms with Crippen LogP contribution in [0.3, 0.4) is 0 Å². The topological polar surface area (TPSA) is 75.1 Å². The van der Waals surface area contributed by atoms with Gasteiger partial charge in [0.15, 0.2) is 10.7 Å². The molecule has 7 heteroatoms. The highest BCUT2D eigenvalue weighted by molar-refractivity contribution is 7.09. The van der Waals surface area contributed by atoms with Gasteiger partial charge < -0.3 is 10.4 Å². The summed E-state index contributed by atoms with van der Waals surface area (Å²) in [6.07, 6.45) is 0.553. The van der Waals surface area contributed by atoms with Crippen LogP contribution in [0.5, 0.6) is 0 Å². The number of hydrogen-bond donors (Lipinski definition) is 2. The van der Waals surface area contributed by atoms with Crippen LogP contribution in [-0.2, 0) is 5.67 Å². The van der Waals surface area contributed by atoms with Crippen molar-refractivity contribution in [2.45, 2.75) is 37.4 Å². The smallest absolute Gasteiger partial charge is 0.404 e. The van der Waals surface area contributed by atoms with Gasteiger partial charge in [-0.1, -0.05) is 0 Å². The summed E-state index contributed by atoms with van der Waals surface area (Å²) in [5.74, 6) is 0. The molecule has 0 bridgehead atoms. The third-order valence-electron chi connectivity index (χ3n) is 2.85. The second-order valence-corrected chi connectivity index (χ2v) is 4.77. The van der Waals surface area contributed by atoms with E-state index in [0.29, 0.717) is 30.7 Å². The number of amides is 1. The number of hydrogen-bond acceptors (Lipinski definition) is 4. The first-order valence-corrected chi connectivity index (χ1v) is 5.93. The van der Waals surface area contributed by atoms with E-state index in [4.69, 9.17) is 5.11 Å². The number of aromatic nitrogens is 2. The summed E-state index contributed by atoms with van der Waals surface area (Å²) in [6, 6.07) is -0.144. The first-order valence-electron chi connectivity index (χ1n) is 5.05. The van der Waals surface area contributed by atoms with E-state index < -0.39 is 11.8 Å². The summed E-state index contributed by atoms with van der Waals surface area (Å²) in [6.45, 7) is 0. The molecular weight excluding hydrogens is 233 g/mol. The Morgan fingerprint density at radius 1 is 1.62 bits per heavy atom. The van der Waals surface area contributed by atoms with Crippen molar-refractivity contribution in [3.05, 3.63) is 10.5 Å². The molecule has 1 heterocycles. The molecule has 1 aliphatic carbocycles. The molecule has 1 amide bonds. The molecular formula is C9H12FN3O2S. The molecule has 1 saturated carbocycles. The number of nitrogens with zero attached hydrogens (tertiary/aromatic N) is 2. The largest absolute Gasteiger partial charge is 0.465 e. The van der Waals surface area contributed by atoms with Crippen molar-refractivity contribution in [1.29, 1.82) is 0 Å². The molecule has 2 N–H and O–H groups in total. The van der Waals surface area contributed by atoms with Crippen LogP contribution in [0, 0.1) is 0 Å². The lowest BCUT2D eigenvalue weighted by Gasteiger charge is -2.31. The van der Waals surface area contributed by atoms with E-state index in [0.717, 1.165) is 0 Å². The lowest BCUT2D eigenvalue weighted by molar-refractivity contribution is 0.0885. The minimum absolute atomic E-state index is 0.144. The first-order chi connectivity index (χ1) is 7.60. The van der Waals surface area contributed by atoms with Gasteiger partial charge in [0.25, 0.3) is 0 Å². The van der Waals surface area contributed by atoms with Crippen LogP contribution in [0.25, 0.3) is 0 Å². The summed E-state index contributed by atoms with van der Waals surface area (Å²) >= 11 is 1.21. The van der Waals surface area contributed by atoms with Crippen molar-refractivity contribution in [1.82, 2.24) is 15.5 Å². The van der Waals surface area contributed by atoms with Crippen molar-refractivity contribution in [3.8, 4) is 0 Å². The molecule has 0 unspecified atom stereocenters. The fraction of sp³-hybridized carbons (Fsp3) is 0.667. The van der Waals surface area contributed by atoms with Crippen molar-refractivity contribution < 1.29 is 14.3 Å². The van der Waals surface area contributed by atoms with Gasteiger partial charge in [0, 0.05) is 6.04 Å². The second-order valence-electron chi connectivity index (χ2n) is 3.93. The highest BCUT2D eigenvalue weighted by Crippen LogP contribution is 2.41. The minimum Gasteiger partial charge on any atom is -0.465 e. The van der Waals surface area contributed by atoms with Crippen LogP contribution in [0.1, 0.15) is 30.7 Å². The van der Waals surface area contributed by atoms with Crippen LogP contribution >= 0.6 is 11.3 Å². The Kier molecular flexibility index (Phi) is 3.04. The average molecular weight is 245 g/mol. The average Bonchev–Trinajstić information content (AvgIpc) is 2.75. The van der Waals surface area contributed by atoms with Gasteiger partial charge >= 0.3 is 6.09 Å². The van der Waals surface area contributed by atoms with E-state index >= 15 is 0 Å². The lowest BCUT2D eigenvalue weighted by atomic mass is 9.84. The standard InChI is InChI=1S/C9H12FN3O2S/c10-9(7-13-11-5-16-7)3-1-6(2-4-9)12-8(14)15/h5-6,12H,1-4H2,(H,14,15). The van der Waals surface area contributed by atoms with Gasteiger partial charge in [0.05, 0.1) is 0 Å². The van der Waals surface area contributed by atoms with Gasteiger partial charge in [-0.15, -0.1) is 21.5 Å². The molecule has 0 spiro atoms. The van der Waals surface area contributed by atoms with E-state index in [1.807, 2.05) is 0 Å². The number of carboxylic acid groups (broad SMARTS) is 1. The second kappa shape index (κ2) is 4.32. The number of carbonyl (C=O) groups is 1. The number of halogens is 1. The molecule has 0 saturated heterocycles. The van der Waals surface area contributed by atoms with Gasteiger partial charge in [-0.2, -0.15) is 0 Å². The molecule has 5 nitrogen and oxygen atoms in total. The Morgan fingerprint density at radius 3 is 2.81 bits per heavy atom. The van der Waals surface area contributed by atoms with E-state index in [-0.39, 0.29) is 6.04 Å². The Labute approximate surface area is 95.7 Å². The van der Waals surface area contributed by atoms with Gasteiger partial charge in [-0.3, -0.25) is 0 Å². The van der Waals surface area contributed by atoms with E-state index in [1.54, 1.807) is 0 Å². The van der Waals surface area contributed by atoms with Crippen LogP contribution < -0.4 is 5.32 Å². The lowest BCUT2D eigenvalue weighted by Crippen LogP contribution is -2.40. The molecule has 0 radical (unpaired) electrons. The van der Waals surface area contributed by atoms with Gasteiger partial charge in [-0.05, 0) is 25.7 Å². The zero-order valence-corrected chi connectivity index (χ0v) is 9.34. The maximum absolute atomic E-state index is 14.4. The third-order valence-corrected chi connectivity index (χ3v) is 3.72. The zero-order valence-electron chi connectivity index (χ0n) is 8.52. The Hall–Kier alpha value is -1.24. The summed E-state index contributed by atoms with van der Waals surface area (Å²) in [4.78, 5) is 10.4. The molecule has 1 aromatic rings. The molecule has 88 valence electrons. The van der Waals surface area contributed by atoms with Crippen LogP contribution in [-0.4, -0.2) is 27.4 Å². The van der Waals surface area contributed by atoms with E-state index in [2.05, 4.69) is 15.5 Å². The van der Waals surface area contributed by atoms with Crippen LogP contribution in [0.15, 0.2) is 5.51 Å². The molecule has 1 aliphatic rings. The Balaban J connectivity index is 1.96. The van der Waals surface area contributed by atoms with Crippen LogP contribution in [0.2, 0.25) is 0 Å². The Morgan fingerprint density at radius 2 is 2.31 bits per heavy atom. The monoisotopic (exact) mass is 245 g/mol. The van der Waals surface area contributed by atoms with E-state index in [1.165, 1.54) is 16.8 Å². The van der Waals surface area contributed by atoms with Gasteiger partial charge in [-0.25, -0.2) is 9.18 Å². The molecule has 1 fully saturated rings. The quantitative estimate of drug-likeness (QED) is 0.834. The van der Waals surface area contributed by atoms with E-state index in [9.17, 15) is 9.18 Å². The summed E-state index contributed by atoms with van der Waals surface area (Å²) in [7, 11) is 0.